The molecule has 162 valence electrons. The Kier molecular flexibility index (Phi) is 7.74. The summed E-state index contributed by atoms with van der Waals surface area (Å²) >= 11 is 0. The van der Waals surface area contributed by atoms with Crippen molar-refractivity contribution in [3.8, 4) is 0 Å². The third-order valence-electron chi connectivity index (χ3n) is 6.68. The van der Waals surface area contributed by atoms with Crippen LogP contribution in [0.15, 0.2) is 24.3 Å². The molecule has 0 radical (unpaired) electrons. The van der Waals surface area contributed by atoms with Gasteiger partial charge in [0, 0.05) is 13.1 Å². The van der Waals surface area contributed by atoms with Crippen LogP contribution in [0.2, 0.25) is 0 Å². The minimum atomic E-state index is -0.691. The number of fused-ring (bicyclic) bond motifs is 1. The third kappa shape index (κ3) is 4.95. The molecule has 1 heterocycles. The maximum Gasteiger partial charge on any atom is 0.311 e. The number of carboxylic acid groups (broad SMARTS) is 1. The Bertz CT molecular complexity index is 719. The van der Waals surface area contributed by atoms with Crippen LogP contribution in [-0.4, -0.2) is 41.5 Å². The second kappa shape index (κ2) is 9.48. The number of halogens is 1. The van der Waals surface area contributed by atoms with Gasteiger partial charge in [-0.15, -0.1) is 12.4 Å². The lowest BCUT2D eigenvalue weighted by Crippen LogP contribution is -2.41. The van der Waals surface area contributed by atoms with E-state index in [1.165, 1.54) is 5.56 Å². The number of nitrogens with one attached hydrogen (secondary N) is 1. The smallest absolute Gasteiger partial charge is 0.311 e. The Morgan fingerprint density at radius 3 is 2.31 bits per heavy atom. The predicted octanol–water partition coefficient (Wildman–Crippen LogP) is 4.23. The average molecular weight is 423 g/mol. The van der Waals surface area contributed by atoms with Crippen LogP contribution >= 0.6 is 12.4 Å². The molecule has 1 saturated carbocycles. The number of hydrogen-bond acceptors (Lipinski definition) is 3. The van der Waals surface area contributed by atoms with Crippen molar-refractivity contribution in [2.24, 2.45) is 17.3 Å². The highest BCUT2D eigenvalue weighted by atomic mass is 35.5. The summed E-state index contributed by atoms with van der Waals surface area (Å²) in [6, 6.07) is 8.46. The fourth-order valence-electron chi connectivity index (χ4n) is 5.01. The van der Waals surface area contributed by atoms with E-state index >= 15 is 0 Å². The first kappa shape index (κ1) is 23.7. The quantitative estimate of drug-likeness (QED) is 0.689. The molecule has 3 rings (SSSR count). The number of benzene rings is 1. The van der Waals surface area contributed by atoms with Crippen LogP contribution in [0, 0.1) is 17.3 Å². The molecule has 1 aliphatic heterocycles. The highest BCUT2D eigenvalue weighted by Gasteiger charge is 2.54. The van der Waals surface area contributed by atoms with Crippen molar-refractivity contribution in [1.29, 1.82) is 0 Å². The molecule has 29 heavy (non-hydrogen) atoms. The summed E-state index contributed by atoms with van der Waals surface area (Å²) in [4.78, 5) is 26.6. The van der Waals surface area contributed by atoms with E-state index in [0.29, 0.717) is 12.5 Å². The van der Waals surface area contributed by atoms with Crippen LogP contribution in [0.5, 0.6) is 0 Å². The van der Waals surface area contributed by atoms with Crippen molar-refractivity contribution in [2.45, 2.75) is 58.9 Å². The maximum atomic E-state index is 12.8. The SMILES string of the molecule is CC(C)c1ccc(C(NC(=O)CN2C[C@@H]3CCC[C@@]3(C(=O)O)C2)C(C)C)cc1.Cl. The number of aliphatic carboxylic acids is 1. The lowest BCUT2D eigenvalue weighted by atomic mass is 9.81. The standard InChI is InChI=1S/C23H34N2O3.ClH/c1-15(2)17-7-9-18(10-8-17)21(16(3)4)24-20(26)13-25-12-19-6-5-11-23(19,14-25)22(27)28;/h7-10,15-16,19,21H,5-6,11-14H2,1-4H3,(H,24,26)(H,27,28);1H/t19-,21?,23+;/m0./s1. The van der Waals surface area contributed by atoms with E-state index < -0.39 is 11.4 Å². The Hall–Kier alpha value is -1.59. The van der Waals surface area contributed by atoms with Crippen LogP contribution < -0.4 is 5.32 Å². The zero-order valence-corrected chi connectivity index (χ0v) is 18.8. The minimum absolute atomic E-state index is 0. The Morgan fingerprint density at radius 2 is 1.79 bits per heavy atom. The van der Waals surface area contributed by atoms with Gasteiger partial charge in [0.15, 0.2) is 0 Å². The van der Waals surface area contributed by atoms with Crippen LogP contribution in [0.25, 0.3) is 0 Å². The highest BCUT2D eigenvalue weighted by molar-refractivity contribution is 5.85. The summed E-state index contributed by atoms with van der Waals surface area (Å²) in [7, 11) is 0. The summed E-state index contributed by atoms with van der Waals surface area (Å²) in [5.74, 6) is 0.229. The molecule has 1 aliphatic carbocycles. The molecule has 1 saturated heterocycles. The zero-order valence-electron chi connectivity index (χ0n) is 18.0. The van der Waals surface area contributed by atoms with Crippen molar-refractivity contribution in [1.82, 2.24) is 10.2 Å². The first-order chi connectivity index (χ1) is 13.2. The van der Waals surface area contributed by atoms with Crippen LogP contribution in [0.1, 0.15) is 70.0 Å². The number of carbonyl (C=O) groups excluding carboxylic acids is 1. The monoisotopic (exact) mass is 422 g/mol. The molecule has 2 fully saturated rings. The van der Waals surface area contributed by atoms with E-state index in [2.05, 4.69) is 57.3 Å². The average Bonchev–Trinajstić information content (AvgIpc) is 3.17. The number of hydrogen-bond donors (Lipinski definition) is 2. The van der Waals surface area contributed by atoms with Crippen molar-refractivity contribution in [3.63, 3.8) is 0 Å². The first-order valence-electron chi connectivity index (χ1n) is 10.6. The number of amides is 1. The van der Waals surface area contributed by atoms with E-state index in [4.69, 9.17) is 0 Å². The third-order valence-corrected chi connectivity index (χ3v) is 6.68. The molecule has 1 amide bonds. The topological polar surface area (TPSA) is 69.6 Å². The van der Waals surface area contributed by atoms with E-state index in [0.717, 1.165) is 31.4 Å². The molecule has 0 bridgehead atoms. The normalized spacial score (nSPS) is 25.0. The largest absolute Gasteiger partial charge is 0.481 e. The second-order valence-corrected chi connectivity index (χ2v) is 9.33. The summed E-state index contributed by atoms with van der Waals surface area (Å²) < 4.78 is 0. The highest BCUT2D eigenvalue weighted by Crippen LogP contribution is 2.48. The van der Waals surface area contributed by atoms with Gasteiger partial charge in [-0.25, -0.2) is 0 Å². The Balaban J connectivity index is 0.00000300. The molecule has 0 aromatic heterocycles. The minimum Gasteiger partial charge on any atom is -0.481 e. The molecule has 5 nitrogen and oxygen atoms in total. The number of nitrogens with zero attached hydrogens (tertiary/aromatic N) is 1. The van der Waals surface area contributed by atoms with Crippen molar-refractivity contribution in [3.05, 3.63) is 35.4 Å². The summed E-state index contributed by atoms with van der Waals surface area (Å²) in [6.07, 6.45) is 2.68. The van der Waals surface area contributed by atoms with E-state index in [1.807, 2.05) is 4.90 Å². The Labute approximate surface area is 180 Å². The van der Waals surface area contributed by atoms with E-state index in [9.17, 15) is 14.7 Å². The van der Waals surface area contributed by atoms with Gasteiger partial charge < -0.3 is 10.4 Å². The first-order valence-corrected chi connectivity index (χ1v) is 10.6. The van der Waals surface area contributed by atoms with Gasteiger partial charge in [0.1, 0.15) is 0 Å². The van der Waals surface area contributed by atoms with Crippen molar-refractivity contribution < 1.29 is 14.7 Å². The summed E-state index contributed by atoms with van der Waals surface area (Å²) in [6.45, 7) is 10.1. The van der Waals surface area contributed by atoms with Crippen LogP contribution in [0.3, 0.4) is 0 Å². The van der Waals surface area contributed by atoms with Gasteiger partial charge in [0.2, 0.25) is 5.91 Å². The lowest BCUT2D eigenvalue weighted by molar-refractivity contribution is -0.149. The molecule has 2 aliphatic rings. The summed E-state index contributed by atoms with van der Waals surface area (Å²) in [5, 5.41) is 12.9. The molecular weight excluding hydrogens is 388 g/mol. The Morgan fingerprint density at radius 1 is 1.17 bits per heavy atom. The molecule has 6 heteroatoms. The van der Waals surface area contributed by atoms with Gasteiger partial charge in [-0.1, -0.05) is 58.4 Å². The molecule has 0 spiro atoms. The number of rotatable bonds is 7. The molecular formula is C23H35ClN2O3. The number of carboxylic acids is 1. The molecule has 2 N–H and O–H groups in total. The van der Waals surface area contributed by atoms with Gasteiger partial charge in [-0.3, -0.25) is 14.5 Å². The molecule has 1 aromatic rings. The fourth-order valence-corrected chi connectivity index (χ4v) is 5.01. The fraction of sp³-hybridized carbons (Fsp3) is 0.652. The van der Waals surface area contributed by atoms with Gasteiger partial charge in [-0.2, -0.15) is 0 Å². The van der Waals surface area contributed by atoms with E-state index in [1.54, 1.807) is 0 Å². The van der Waals surface area contributed by atoms with Crippen LogP contribution in [0.4, 0.5) is 0 Å². The zero-order chi connectivity index (χ0) is 20.5. The maximum absolute atomic E-state index is 12.8. The van der Waals surface area contributed by atoms with Crippen LogP contribution in [-0.2, 0) is 9.59 Å². The molecule has 3 atom stereocenters. The lowest BCUT2D eigenvalue weighted by Gasteiger charge is -2.26. The number of likely N-dealkylation sites (tertiary alicyclic amines) is 1. The van der Waals surface area contributed by atoms with Crippen molar-refractivity contribution >= 4 is 24.3 Å². The molecule has 1 aromatic carbocycles. The van der Waals surface area contributed by atoms with Crippen molar-refractivity contribution in [2.75, 3.05) is 19.6 Å². The summed E-state index contributed by atoms with van der Waals surface area (Å²) in [5.41, 5.74) is 1.78. The van der Waals surface area contributed by atoms with Gasteiger partial charge in [0.25, 0.3) is 0 Å². The number of carbonyl (C=O) groups is 2. The second-order valence-electron chi connectivity index (χ2n) is 9.33. The van der Waals surface area contributed by atoms with Gasteiger partial charge in [0.05, 0.1) is 18.0 Å². The molecule has 1 unspecified atom stereocenters. The predicted molar refractivity (Wildman–Crippen MR) is 117 cm³/mol. The van der Waals surface area contributed by atoms with Gasteiger partial charge in [-0.05, 0) is 41.7 Å². The van der Waals surface area contributed by atoms with Gasteiger partial charge >= 0.3 is 5.97 Å². The van der Waals surface area contributed by atoms with E-state index in [-0.39, 0.29) is 42.7 Å².